The smallest absolute Gasteiger partial charge is 0.347 e. The van der Waals surface area contributed by atoms with E-state index in [1.165, 1.54) is 23.1 Å². The molecule has 7 heteroatoms. The van der Waals surface area contributed by atoms with Gasteiger partial charge in [0, 0.05) is 5.75 Å². The molecule has 21 heavy (non-hydrogen) atoms. The van der Waals surface area contributed by atoms with Crippen LogP contribution in [0.3, 0.4) is 0 Å². The molecule has 2 rings (SSSR count). The van der Waals surface area contributed by atoms with Gasteiger partial charge in [-0.25, -0.2) is 9.78 Å². The van der Waals surface area contributed by atoms with E-state index in [9.17, 15) is 4.79 Å². The minimum absolute atomic E-state index is 0.296. The van der Waals surface area contributed by atoms with Crippen LogP contribution in [0.5, 0.6) is 11.5 Å². The number of carbonyl (C=O) groups is 1. The summed E-state index contributed by atoms with van der Waals surface area (Å²) in [4.78, 5) is 15.6. The fourth-order valence-electron chi connectivity index (χ4n) is 1.75. The highest BCUT2D eigenvalue weighted by atomic mass is 32.2. The van der Waals surface area contributed by atoms with Crippen LogP contribution in [0.25, 0.3) is 0 Å². The molecular weight excluding hydrogens is 310 g/mol. The molecule has 112 valence electrons. The van der Waals surface area contributed by atoms with Gasteiger partial charge in [0.1, 0.15) is 4.88 Å². The first kappa shape index (κ1) is 15.7. The van der Waals surface area contributed by atoms with Crippen molar-refractivity contribution in [3.8, 4) is 11.5 Å². The van der Waals surface area contributed by atoms with E-state index in [1.54, 1.807) is 21.1 Å². The number of aromatic carboxylic acids is 1. The maximum atomic E-state index is 11.0. The van der Waals surface area contributed by atoms with Crippen LogP contribution < -0.4 is 9.47 Å². The van der Waals surface area contributed by atoms with Gasteiger partial charge in [-0.15, -0.1) is 11.3 Å². The number of aryl methyl sites for hydroxylation is 1. The zero-order valence-electron chi connectivity index (χ0n) is 11.9. The minimum Gasteiger partial charge on any atom is -0.493 e. The highest BCUT2D eigenvalue weighted by Gasteiger charge is 2.14. The molecule has 0 aliphatic carbocycles. The Morgan fingerprint density at radius 3 is 2.62 bits per heavy atom. The normalized spacial score (nSPS) is 10.4. The number of carboxylic acids is 1. The third kappa shape index (κ3) is 3.68. The Kier molecular flexibility index (Phi) is 5.08. The van der Waals surface area contributed by atoms with Gasteiger partial charge < -0.3 is 14.6 Å². The van der Waals surface area contributed by atoms with Gasteiger partial charge in [-0.05, 0) is 24.6 Å². The van der Waals surface area contributed by atoms with E-state index in [0.29, 0.717) is 27.8 Å². The summed E-state index contributed by atoms with van der Waals surface area (Å²) < 4.78 is 11.2. The Morgan fingerprint density at radius 1 is 1.33 bits per heavy atom. The van der Waals surface area contributed by atoms with Crippen molar-refractivity contribution in [2.45, 2.75) is 17.0 Å². The van der Waals surface area contributed by atoms with Crippen LogP contribution in [-0.4, -0.2) is 30.3 Å². The molecule has 0 aliphatic rings. The molecule has 1 aromatic carbocycles. The number of thioether (sulfide) groups is 1. The average Bonchev–Trinajstić information content (AvgIpc) is 2.86. The average molecular weight is 325 g/mol. The first-order valence-electron chi connectivity index (χ1n) is 6.09. The first-order chi connectivity index (χ1) is 10.0. The molecule has 0 radical (unpaired) electrons. The first-order valence-corrected chi connectivity index (χ1v) is 7.89. The Labute approximate surface area is 130 Å². The maximum absolute atomic E-state index is 11.0. The predicted molar refractivity (Wildman–Crippen MR) is 82.9 cm³/mol. The Hall–Kier alpha value is -1.73. The fourth-order valence-corrected chi connectivity index (χ4v) is 3.72. The van der Waals surface area contributed by atoms with E-state index in [1.807, 2.05) is 18.2 Å². The highest BCUT2D eigenvalue weighted by molar-refractivity contribution is 8.00. The molecule has 0 spiro atoms. The molecule has 1 aromatic heterocycles. The van der Waals surface area contributed by atoms with Crippen LogP contribution in [0.1, 0.15) is 20.9 Å². The standard InChI is InChI=1S/C14H15NO4S2/c1-8-12(13(16)17)21-14(15-8)20-7-9-4-5-10(18-2)11(6-9)19-3/h4-6H,7H2,1-3H3,(H,16,17). The van der Waals surface area contributed by atoms with Gasteiger partial charge in [-0.3, -0.25) is 0 Å². The fraction of sp³-hybridized carbons (Fsp3) is 0.286. The summed E-state index contributed by atoms with van der Waals surface area (Å²) in [6.45, 7) is 1.71. The van der Waals surface area contributed by atoms with Crippen molar-refractivity contribution < 1.29 is 19.4 Å². The molecule has 0 unspecified atom stereocenters. The summed E-state index contributed by atoms with van der Waals surface area (Å²) in [5, 5.41) is 9.02. The second-order valence-electron chi connectivity index (χ2n) is 4.18. The SMILES string of the molecule is COc1ccc(CSc2nc(C)c(C(=O)O)s2)cc1OC. The topological polar surface area (TPSA) is 68.7 Å². The summed E-state index contributed by atoms with van der Waals surface area (Å²) in [6, 6.07) is 5.71. The number of rotatable bonds is 6. The molecule has 1 N–H and O–H groups in total. The van der Waals surface area contributed by atoms with Gasteiger partial charge in [0.25, 0.3) is 0 Å². The van der Waals surface area contributed by atoms with Crippen molar-refractivity contribution in [2.75, 3.05) is 14.2 Å². The second kappa shape index (κ2) is 6.82. The molecule has 0 fully saturated rings. The number of aromatic nitrogens is 1. The Balaban J connectivity index is 2.09. The lowest BCUT2D eigenvalue weighted by Crippen LogP contribution is -1.94. The van der Waals surface area contributed by atoms with Gasteiger partial charge in [-0.2, -0.15) is 0 Å². The van der Waals surface area contributed by atoms with Crippen molar-refractivity contribution >= 4 is 29.1 Å². The molecule has 1 heterocycles. The molecular formula is C14H15NO4S2. The molecule has 0 amide bonds. The molecule has 2 aromatic rings. The Morgan fingerprint density at radius 2 is 2.05 bits per heavy atom. The van der Waals surface area contributed by atoms with Crippen molar-refractivity contribution in [2.24, 2.45) is 0 Å². The molecule has 0 saturated heterocycles. The van der Waals surface area contributed by atoms with Crippen molar-refractivity contribution in [1.29, 1.82) is 0 Å². The lowest BCUT2D eigenvalue weighted by Gasteiger charge is -2.08. The summed E-state index contributed by atoms with van der Waals surface area (Å²) in [7, 11) is 3.19. The van der Waals surface area contributed by atoms with Gasteiger partial charge in [0.15, 0.2) is 15.8 Å². The van der Waals surface area contributed by atoms with Crippen molar-refractivity contribution in [3.05, 3.63) is 34.3 Å². The van der Waals surface area contributed by atoms with Crippen LogP contribution in [0.2, 0.25) is 0 Å². The molecule has 0 atom stereocenters. The molecule has 5 nitrogen and oxygen atoms in total. The summed E-state index contributed by atoms with van der Waals surface area (Å²) >= 11 is 2.71. The summed E-state index contributed by atoms with van der Waals surface area (Å²) in [5.41, 5.74) is 1.62. The van der Waals surface area contributed by atoms with Crippen LogP contribution in [0.4, 0.5) is 0 Å². The summed E-state index contributed by atoms with van der Waals surface area (Å²) in [6.07, 6.45) is 0. The van der Waals surface area contributed by atoms with Crippen molar-refractivity contribution in [3.63, 3.8) is 0 Å². The lowest BCUT2D eigenvalue weighted by molar-refractivity contribution is 0.0701. The number of nitrogens with zero attached hydrogens (tertiary/aromatic N) is 1. The van der Waals surface area contributed by atoms with Crippen LogP contribution >= 0.6 is 23.1 Å². The number of methoxy groups -OCH3 is 2. The highest BCUT2D eigenvalue weighted by Crippen LogP contribution is 2.33. The zero-order chi connectivity index (χ0) is 15.4. The van der Waals surface area contributed by atoms with Crippen LogP contribution in [0.15, 0.2) is 22.5 Å². The third-order valence-electron chi connectivity index (χ3n) is 2.78. The van der Waals surface area contributed by atoms with E-state index in [-0.39, 0.29) is 0 Å². The van der Waals surface area contributed by atoms with E-state index >= 15 is 0 Å². The van der Waals surface area contributed by atoms with E-state index in [4.69, 9.17) is 14.6 Å². The third-order valence-corrected chi connectivity index (χ3v) is 5.14. The van der Waals surface area contributed by atoms with Crippen LogP contribution in [-0.2, 0) is 5.75 Å². The number of hydrogen-bond acceptors (Lipinski definition) is 6. The van der Waals surface area contributed by atoms with E-state index < -0.39 is 5.97 Å². The number of benzene rings is 1. The van der Waals surface area contributed by atoms with E-state index in [0.717, 1.165) is 9.90 Å². The molecule has 0 saturated carbocycles. The van der Waals surface area contributed by atoms with Crippen molar-refractivity contribution in [1.82, 2.24) is 4.98 Å². The molecule has 0 bridgehead atoms. The maximum Gasteiger partial charge on any atom is 0.347 e. The summed E-state index contributed by atoms with van der Waals surface area (Å²) in [5.74, 6) is 1.12. The van der Waals surface area contributed by atoms with Gasteiger partial charge in [0.05, 0.1) is 19.9 Å². The number of hydrogen-bond donors (Lipinski definition) is 1. The second-order valence-corrected chi connectivity index (χ2v) is 6.40. The predicted octanol–water partition coefficient (Wildman–Crippen LogP) is 3.46. The molecule has 0 aliphatic heterocycles. The van der Waals surface area contributed by atoms with E-state index in [2.05, 4.69) is 4.98 Å². The lowest BCUT2D eigenvalue weighted by atomic mass is 10.2. The quantitative estimate of drug-likeness (QED) is 0.820. The number of carboxylic acid groups (broad SMARTS) is 1. The Bertz CT molecular complexity index is 654. The minimum atomic E-state index is -0.928. The number of ether oxygens (including phenoxy) is 2. The largest absolute Gasteiger partial charge is 0.493 e. The zero-order valence-corrected chi connectivity index (χ0v) is 13.5. The van der Waals surface area contributed by atoms with Gasteiger partial charge in [0.2, 0.25) is 0 Å². The van der Waals surface area contributed by atoms with Gasteiger partial charge in [-0.1, -0.05) is 17.8 Å². The van der Waals surface area contributed by atoms with Crippen LogP contribution in [0, 0.1) is 6.92 Å². The van der Waals surface area contributed by atoms with Gasteiger partial charge >= 0.3 is 5.97 Å². The number of thiazole rings is 1. The monoisotopic (exact) mass is 325 g/mol.